The maximum atomic E-state index is 13.0. The Kier molecular flexibility index (Phi) is 7.76. The molecule has 3 aliphatic rings. The summed E-state index contributed by atoms with van der Waals surface area (Å²) in [5.41, 5.74) is 3.05. The molecule has 41 heavy (non-hydrogen) atoms. The first-order chi connectivity index (χ1) is 19.9. The fraction of sp³-hybridized carbons (Fsp3) is 0.414. The Morgan fingerprint density at radius 1 is 1.15 bits per heavy atom. The third kappa shape index (κ3) is 5.58. The first kappa shape index (κ1) is 27.4. The number of halogens is 1. The Bertz CT molecular complexity index is 1520. The van der Waals surface area contributed by atoms with E-state index in [0.29, 0.717) is 43.3 Å². The molecule has 4 heterocycles. The monoisotopic (exact) mass is 622 g/mol. The molecule has 2 unspecified atom stereocenters. The Morgan fingerprint density at radius 3 is 2.83 bits per heavy atom. The maximum absolute atomic E-state index is 13.0. The summed E-state index contributed by atoms with van der Waals surface area (Å²) < 4.78 is 7.01. The zero-order chi connectivity index (χ0) is 28.5. The Morgan fingerprint density at radius 2 is 2.00 bits per heavy atom. The van der Waals surface area contributed by atoms with Gasteiger partial charge in [0.2, 0.25) is 17.7 Å². The number of fused-ring (bicyclic) bond motifs is 2. The Hall–Kier alpha value is -3.77. The number of imide groups is 1. The van der Waals surface area contributed by atoms with Crippen LogP contribution in [0.1, 0.15) is 53.8 Å². The lowest BCUT2D eigenvalue weighted by molar-refractivity contribution is -0.137. The molecule has 1 aromatic heterocycles. The van der Waals surface area contributed by atoms with Gasteiger partial charge in [0.25, 0.3) is 5.91 Å². The van der Waals surface area contributed by atoms with Crippen molar-refractivity contribution in [3.63, 3.8) is 0 Å². The molecule has 214 valence electrons. The Balaban J connectivity index is 1.00. The number of aromatic nitrogens is 2. The average Bonchev–Trinajstić information content (AvgIpc) is 3.68. The number of nitrogens with one attached hydrogen (secondary N) is 3. The molecule has 3 aliphatic heterocycles. The lowest BCUT2D eigenvalue weighted by Gasteiger charge is -2.29. The second kappa shape index (κ2) is 11.6. The summed E-state index contributed by atoms with van der Waals surface area (Å²) >= 11 is 3.51. The van der Waals surface area contributed by atoms with Gasteiger partial charge in [-0.3, -0.25) is 29.4 Å². The van der Waals surface area contributed by atoms with E-state index in [2.05, 4.69) is 41.4 Å². The summed E-state index contributed by atoms with van der Waals surface area (Å²) in [7, 11) is 0. The van der Waals surface area contributed by atoms with Crippen molar-refractivity contribution in [2.24, 2.45) is 0 Å². The van der Waals surface area contributed by atoms with Gasteiger partial charge in [-0.1, -0.05) is 12.1 Å². The number of imidazole rings is 1. The number of aromatic amines is 1. The third-order valence-corrected chi connectivity index (χ3v) is 8.64. The van der Waals surface area contributed by atoms with E-state index in [-0.39, 0.29) is 36.7 Å². The van der Waals surface area contributed by atoms with Crippen LogP contribution in [0.5, 0.6) is 5.75 Å². The third-order valence-electron chi connectivity index (χ3n) is 8.00. The van der Waals surface area contributed by atoms with Crippen LogP contribution in [0, 0.1) is 0 Å². The van der Waals surface area contributed by atoms with Crippen molar-refractivity contribution in [3.8, 4) is 5.75 Å². The van der Waals surface area contributed by atoms with Crippen LogP contribution in [0.25, 0.3) is 11.0 Å². The quantitative estimate of drug-likeness (QED) is 0.246. The minimum atomic E-state index is -0.660. The van der Waals surface area contributed by atoms with Gasteiger partial charge in [-0.2, -0.15) is 0 Å². The first-order valence-corrected chi connectivity index (χ1v) is 14.7. The highest BCUT2D eigenvalue weighted by atomic mass is 79.9. The van der Waals surface area contributed by atoms with Crippen molar-refractivity contribution < 1.29 is 23.9 Å². The van der Waals surface area contributed by atoms with Crippen molar-refractivity contribution in [2.75, 3.05) is 19.7 Å². The molecule has 0 bridgehead atoms. The van der Waals surface area contributed by atoms with Crippen molar-refractivity contribution in [3.05, 3.63) is 57.8 Å². The van der Waals surface area contributed by atoms with E-state index in [1.165, 1.54) is 4.90 Å². The van der Waals surface area contributed by atoms with Gasteiger partial charge in [0.05, 0.1) is 31.3 Å². The molecule has 2 aromatic carbocycles. The van der Waals surface area contributed by atoms with Crippen molar-refractivity contribution in [2.45, 2.75) is 57.3 Å². The SMILES string of the molecule is O=C1CCC(N2Cc3c(OCCCN4CCCC4C(=O)NCc4nc5c(Br)cccc5[nH]4)cccc3C2=O)C(=O)N1. The lowest BCUT2D eigenvalue weighted by Crippen LogP contribution is -2.52. The van der Waals surface area contributed by atoms with Crippen LogP contribution < -0.4 is 15.4 Å². The Labute approximate surface area is 245 Å². The normalized spacial score (nSPS) is 20.9. The van der Waals surface area contributed by atoms with Gasteiger partial charge in [-0.05, 0) is 72.4 Å². The largest absolute Gasteiger partial charge is 0.493 e. The number of carbonyl (C=O) groups excluding carboxylic acids is 4. The molecular formula is C29H31BrN6O5. The van der Waals surface area contributed by atoms with E-state index in [1.807, 2.05) is 24.3 Å². The number of rotatable bonds is 9. The molecule has 0 radical (unpaired) electrons. The summed E-state index contributed by atoms with van der Waals surface area (Å²) in [5, 5.41) is 5.36. The van der Waals surface area contributed by atoms with Crippen LogP contribution in [-0.4, -0.2) is 75.2 Å². The highest BCUT2D eigenvalue weighted by Crippen LogP contribution is 2.33. The number of ether oxygens (including phenoxy) is 1. The molecule has 0 saturated carbocycles. The summed E-state index contributed by atoms with van der Waals surface area (Å²) in [6.45, 7) is 2.61. The van der Waals surface area contributed by atoms with Crippen LogP contribution >= 0.6 is 15.9 Å². The molecule has 2 saturated heterocycles. The van der Waals surface area contributed by atoms with Gasteiger partial charge in [0.15, 0.2) is 0 Å². The van der Waals surface area contributed by atoms with Gasteiger partial charge >= 0.3 is 0 Å². The highest BCUT2D eigenvalue weighted by molar-refractivity contribution is 9.10. The number of piperidine rings is 1. The van der Waals surface area contributed by atoms with E-state index in [1.54, 1.807) is 12.1 Å². The molecule has 4 amide bonds. The van der Waals surface area contributed by atoms with Gasteiger partial charge in [-0.25, -0.2) is 4.98 Å². The van der Waals surface area contributed by atoms with Crippen molar-refractivity contribution in [1.82, 2.24) is 30.4 Å². The van der Waals surface area contributed by atoms with Crippen molar-refractivity contribution >= 4 is 50.6 Å². The average molecular weight is 624 g/mol. The molecule has 6 rings (SSSR count). The molecule has 11 nitrogen and oxygen atoms in total. The van der Waals surface area contributed by atoms with Gasteiger partial charge in [0.1, 0.15) is 23.1 Å². The van der Waals surface area contributed by atoms with Gasteiger partial charge in [-0.15, -0.1) is 0 Å². The predicted molar refractivity (Wildman–Crippen MR) is 153 cm³/mol. The number of H-pyrrole nitrogens is 1. The lowest BCUT2D eigenvalue weighted by atomic mass is 10.0. The summed E-state index contributed by atoms with van der Waals surface area (Å²) in [6, 6.07) is 10.3. The number of hydrogen-bond donors (Lipinski definition) is 3. The number of nitrogens with zero attached hydrogens (tertiary/aromatic N) is 3. The molecule has 0 spiro atoms. The number of benzene rings is 2. The molecule has 3 aromatic rings. The molecule has 2 fully saturated rings. The summed E-state index contributed by atoms with van der Waals surface area (Å²) in [6.07, 6.45) is 3.02. The van der Waals surface area contributed by atoms with E-state index < -0.39 is 11.9 Å². The van der Waals surface area contributed by atoms with Crippen molar-refractivity contribution in [1.29, 1.82) is 0 Å². The molecule has 12 heteroatoms. The predicted octanol–water partition coefficient (Wildman–Crippen LogP) is 2.64. The zero-order valence-corrected chi connectivity index (χ0v) is 24.0. The fourth-order valence-corrected chi connectivity index (χ4v) is 6.41. The molecule has 0 aliphatic carbocycles. The molecular weight excluding hydrogens is 592 g/mol. The summed E-state index contributed by atoms with van der Waals surface area (Å²) in [5.74, 6) is 0.371. The highest BCUT2D eigenvalue weighted by Gasteiger charge is 2.40. The van der Waals surface area contributed by atoms with Gasteiger partial charge in [0, 0.05) is 28.6 Å². The number of amides is 4. The van der Waals surface area contributed by atoms with E-state index in [4.69, 9.17) is 4.74 Å². The second-order valence-corrected chi connectivity index (χ2v) is 11.5. The topological polar surface area (TPSA) is 137 Å². The van der Waals surface area contributed by atoms with Crippen LogP contribution in [-0.2, 0) is 27.5 Å². The minimum absolute atomic E-state index is 0.00382. The van der Waals surface area contributed by atoms with Crippen LogP contribution in [0.15, 0.2) is 40.9 Å². The van der Waals surface area contributed by atoms with Gasteiger partial charge < -0.3 is 19.9 Å². The number of carbonyl (C=O) groups is 4. The minimum Gasteiger partial charge on any atom is -0.493 e. The van der Waals surface area contributed by atoms with E-state index in [0.717, 1.165) is 46.9 Å². The van der Waals surface area contributed by atoms with Crippen LogP contribution in [0.2, 0.25) is 0 Å². The van der Waals surface area contributed by atoms with E-state index >= 15 is 0 Å². The standard InChI is InChI=1S/C29H31BrN6O5/c30-19-6-2-7-20-26(19)33-24(32-20)15-31-27(38)21-8-3-12-35(21)13-4-14-41-23-9-1-5-17-18(23)16-36(29(17)40)22-10-11-25(37)34-28(22)39/h1-2,5-7,9,21-22H,3-4,8,10-16H2,(H,31,38)(H,32,33)(H,34,37,39). The first-order valence-electron chi connectivity index (χ1n) is 13.9. The fourth-order valence-electron chi connectivity index (χ4n) is 5.95. The number of likely N-dealkylation sites (tertiary alicyclic amines) is 1. The van der Waals surface area contributed by atoms with Crippen LogP contribution in [0.3, 0.4) is 0 Å². The summed E-state index contributed by atoms with van der Waals surface area (Å²) in [4.78, 5) is 61.5. The smallest absolute Gasteiger partial charge is 0.255 e. The number of hydrogen-bond acceptors (Lipinski definition) is 7. The van der Waals surface area contributed by atoms with Crippen LogP contribution in [0.4, 0.5) is 0 Å². The maximum Gasteiger partial charge on any atom is 0.255 e. The van der Waals surface area contributed by atoms with E-state index in [9.17, 15) is 19.2 Å². The molecule has 3 N–H and O–H groups in total. The second-order valence-electron chi connectivity index (χ2n) is 10.6. The molecule has 2 atom stereocenters. The zero-order valence-electron chi connectivity index (χ0n) is 22.5. The number of para-hydroxylation sites is 1.